The minimum Gasteiger partial charge on any atom is -0.384 e. The van der Waals surface area contributed by atoms with Crippen molar-refractivity contribution in [3.05, 3.63) is 47.0 Å². The third-order valence-electron chi connectivity index (χ3n) is 5.41. The highest BCUT2D eigenvalue weighted by molar-refractivity contribution is 5.47. The van der Waals surface area contributed by atoms with E-state index < -0.39 is 22.7 Å². The van der Waals surface area contributed by atoms with Gasteiger partial charge in [-0.1, -0.05) is 33.3 Å². The van der Waals surface area contributed by atoms with E-state index in [1.165, 1.54) is 0 Å². The van der Waals surface area contributed by atoms with Crippen molar-refractivity contribution in [3.63, 3.8) is 0 Å². The Morgan fingerprint density at radius 2 is 2.00 bits per heavy atom. The molecule has 2 rings (SSSR count). The second-order valence-corrected chi connectivity index (χ2v) is 7.12. The van der Waals surface area contributed by atoms with E-state index in [2.05, 4.69) is 6.58 Å². The number of benzene rings is 1. The first kappa shape index (κ1) is 17.1. The van der Waals surface area contributed by atoms with Gasteiger partial charge in [-0.15, -0.1) is 6.58 Å². The van der Waals surface area contributed by atoms with Gasteiger partial charge in [-0.25, -0.2) is 8.78 Å². The van der Waals surface area contributed by atoms with Crippen LogP contribution in [0.25, 0.3) is 0 Å². The fourth-order valence-corrected chi connectivity index (χ4v) is 4.16. The van der Waals surface area contributed by atoms with Crippen LogP contribution in [0.4, 0.5) is 8.78 Å². The van der Waals surface area contributed by atoms with Crippen molar-refractivity contribution in [2.24, 2.45) is 11.3 Å². The van der Waals surface area contributed by atoms with E-state index in [1.807, 2.05) is 26.8 Å². The summed E-state index contributed by atoms with van der Waals surface area (Å²) in [5.74, 6) is -1.17. The highest BCUT2D eigenvalue weighted by Crippen LogP contribution is 2.57. The van der Waals surface area contributed by atoms with Gasteiger partial charge in [0.25, 0.3) is 0 Å². The van der Waals surface area contributed by atoms with Gasteiger partial charge < -0.3 is 5.11 Å². The normalized spacial score (nSPS) is 24.1. The van der Waals surface area contributed by atoms with Gasteiger partial charge >= 0.3 is 0 Å². The van der Waals surface area contributed by atoms with Gasteiger partial charge in [-0.05, 0) is 48.8 Å². The molecule has 0 amide bonds. The summed E-state index contributed by atoms with van der Waals surface area (Å²) in [6.45, 7) is 11.3. The second kappa shape index (κ2) is 5.77. The van der Waals surface area contributed by atoms with E-state index in [0.29, 0.717) is 23.1 Å². The van der Waals surface area contributed by atoms with E-state index in [4.69, 9.17) is 0 Å². The Labute approximate surface area is 132 Å². The van der Waals surface area contributed by atoms with Crippen LogP contribution in [0, 0.1) is 29.9 Å². The largest absolute Gasteiger partial charge is 0.384 e. The lowest BCUT2D eigenvalue weighted by atomic mass is 9.65. The van der Waals surface area contributed by atoms with Gasteiger partial charge in [-0.3, -0.25) is 0 Å². The van der Waals surface area contributed by atoms with E-state index in [-0.39, 0.29) is 5.92 Å². The van der Waals surface area contributed by atoms with Crippen molar-refractivity contribution in [1.82, 2.24) is 0 Å². The maximum absolute atomic E-state index is 14.3. The number of allylic oxidation sites excluding steroid dienone is 1. The Balaban J connectivity index is 2.68. The lowest BCUT2D eigenvalue weighted by Crippen LogP contribution is -2.45. The summed E-state index contributed by atoms with van der Waals surface area (Å²) >= 11 is 0. The van der Waals surface area contributed by atoms with Gasteiger partial charge in [0.05, 0.1) is 5.60 Å². The zero-order chi connectivity index (χ0) is 16.7. The van der Waals surface area contributed by atoms with Crippen LogP contribution in [0.2, 0.25) is 0 Å². The molecule has 0 radical (unpaired) electrons. The SMILES string of the molecule is C=CCCC(CC)C1(O)c2c(C)c(F)cc(F)c2CC1(C)C. The van der Waals surface area contributed by atoms with Crippen LogP contribution in [0.15, 0.2) is 18.7 Å². The third kappa shape index (κ3) is 2.30. The summed E-state index contributed by atoms with van der Waals surface area (Å²) in [5.41, 5.74) is -0.417. The Bertz CT molecular complexity index is 592. The molecule has 0 aromatic heterocycles. The lowest BCUT2D eigenvalue weighted by molar-refractivity contribution is -0.111. The van der Waals surface area contributed by atoms with Gasteiger partial charge in [0, 0.05) is 11.5 Å². The minimum absolute atomic E-state index is 0.0540. The highest BCUT2D eigenvalue weighted by Gasteiger charge is 2.56. The quantitative estimate of drug-likeness (QED) is 0.756. The van der Waals surface area contributed by atoms with Gasteiger partial charge in [-0.2, -0.15) is 0 Å². The van der Waals surface area contributed by atoms with Gasteiger partial charge in [0.1, 0.15) is 11.6 Å². The molecule has 0 aliphatic heterocycles. The van der Waals surface area contributed by atoms with Crippen molar-refractivity contribution in [1.29, 1.82) is 0 Å². The molecule has 1 aliphatic rings. The number of hydrogen-bond acceptors (Lipinski definition) is 1. The summed E-state index contributed by atoms with van der Waals surface area (Å²) in [4.78, 5) is 0. The summed E-state index contributed by atoms with van der Waals surface area (Å²) in [7, 11) is 0. The molecule has 0 saturated heterocycles. The predicted molar refractivity (Wildman–Crippen MR) is 85.7 cm³/mol. The molecule has 2 unspecified atom stereocenters. The molecule has 0 saturated carbocycles. The molecule has 0 fully saturated rings. The number of halogens is 2. The smallest absolute Gasteiger partial charge is 0.129 e. The summed E-state index contributed by atoms with van der Waals surface area (Å²) in [6.07, 6.45) is 4.55. The maximum Gasteiger partial charge on any atom is 0.129 e. The van der Waals surface area contributed by atoms with Crippen LogP contribution in [0.5, 0.6) is 0 Å². The Morgan fingerprint density at radius 3 is 2.55 bits per heavy atom. The summed E-state index contributed by atoms with van der Waals surface area (Å²) in [5, 5.41) is 11.6. The molecule has 122 valence electrons. The molecule has 1 aromatic carbocycles. The third-order valence-corrected chi connectivity index (χ3v) is 5.41. The number of aliphatic hydroxyl groups is 1. The lowest BCUT2D eigenvalue weighted by Gasteiger charge is -2.44. The standard InChI is InChI=1S/C19H26F2O/c1-6-8-9-13(7-2)19(22)17-12(3)15(20)10-16(21)14(17)11-18(19,4)5/h6,10,13,22H,1,7-9,11H2,2-5H3. The monoisotopic (exact) mass is 308 g/mol. The number of rotatable bonds is 5. The summed E-state index contributed by atoms with van der Waals surface area (Å²) < 4.78 is 28.4. The van der Waals surface area contributed by atoms with Crippen LogP contribution in [0.3, 0.4) is 0 Å². The molecule has 2 atom stereocenters. The van der Waals surface area contributed by atoms with Crippen LogP contribution >= 0.6 is 0 Å². The molecule has 0 heterocycles. The number of hydrogen-bond donors (Lipinski definition) is 1. The first-order valence-electron chi connectivity index (χ1n) is 8.01. The molecular weight excluding hydrogens is 282 g/mol. The molecule has 1 N–H and O–H groups in total. The van der Waals surface area contributed by atoms with Gasteiger partial charge in [0.2, 0.25) is 0 Å². The second-order valence-electron chi connectivity index (χ2n) is 7.12. The average molecular weight is 308 g/mol. The fourth-order valence-electron chi connectivity index (χ4n) is 4.16. The van der Waals surface area contributed by atoms with E-state index >= 15 is 0 Å². The van der Waals surface area contributed by atoms with Crippen molar-refractivity contribution in [2.45, 2.75) is 59.0 Å². The molecule has 1 aromatic rings. The van der Waals surface area contributed by atoms with Crippen molar-refractivity contribution >= 4 is 0 Å². The Kier molecular flexibility index (Phi) is 4.49. The molecule has 0 spiro atoms. The molecule has 1 aliphatic carbocycles. The molecule has 3 heteroatoms. The van der Waals surface area contributed by atoms with Crippen LogP contribution < -0.4 is 0 Å². The average Bonchev–Trinajstić information content (AvgIpc) is 2.66. The summed E-state index contributed by atoms with van der Waals surface area (Å²) in [6, 6.07) is 0.945. The predicted octanol–water partition coefficient (Wildman–Crippen LogP) is 5.04. The zero-order valence-corrected chi connectivity index (χ0v) is 14.0. The zero-order valence-electron chi connectivity index (χ0n) is 14.0. The van der Waals surface area contributed by atoms with Gasteiger partial charge in [0.15, 0.2) is 0 Å². The van der Waals surface area contributed by atoms with Crippen molar-refractivity contribution in [3.8, 4) is 0 Å². The van der Waals surface area contributed by atoms with Crippen molar-refractivity contribution < 1.29 is 13.9 Å². The fraction of sp³-hybridized carbons (Fsp3) is 0.579. The minimum atomic E-state index is -1.22. The van der Waals surface area contributed by atoms with Crippen LogP contribution in [0.1, 0.15) is 56.7 Å². The first-order valence-corrected chi connectivity index (χ1v) is 8.01. The van der Waals surface area contributed by atoms with Crippen LogP contribution in [-0.4, -0.2) is 5.11 Å². The highest BCUT2D eigenvalue weighted by atomic mass is 19.1. The Hall–Kier alpha value is -1.22. The van der Waals surface area contributed by atoms with Crippen LogP contribution in [-0.2, 0) is 12.0 Å². The van der Waals surface area contributed by atoms with E-state index in [1.54, 1.807) is 6.92 Å². The first-order chi connectivity index (χ1) is 10.2. The maximum atomic E-state index is 14.3. The van der Waals surface area contributed by atoms with E-state index in [9.17, 15) is 13.9 Å². The Morgan fingerprint density at radius 1 is 1.36 bits per heavy atom. The van der Waals surface area contributed by atoms with Crippen molar-refractivity contribution in [2.75, 3.05) is 0 Å². The number of fused-ring (bicyclic) bond motifs is 1. The molecule has 0 bridgehead atoms. The topological polar surface area (TPSA) is 20.2 Å². The molecular formula is C19H26F2O. The molecule has 22 heavy (non-hydrogen) atoms. The van der Waals surface area contributed by atoms with E-state index in [0.717, 1.165) is 25.3 Å². The molecule has 1 nitrogen and oxygen atoms in total.